The van der Waals surface area contributed by atoms with E-state index >= 15 is 0 Å². The largest absolute Gasteiger partial charge is 0.467 e. The molecule has 0 atom stereocenters. The Morgan fingerprint density at radius 3 is 2.65 bits per heavy atom. The maximum atomic E-state index is 13.1. The monoisotopic (exact) mass is 358 g/mol. The number of hydrogen-bond donors (Lipinski definition) is 0. The zero-order valence-electron chi connectivity index (χ0n) is 14.2. The van der Waals surface area contributed by atoms with Gasteiger partial charge in [0.15, 0.2) is 6.79 Å². The average molecular weight is 358 g/mol. The molecule has 26 heavy (non-hydrogen) atoms. The Hall–Kier alpha value is -2.51. The zero-order chi connectivity index (χ0) is 18.1. The number of nitrogens with zero attached hydrogens (tertiary/aromatic N) is 2. The van der Waals surface area contributed by atoms with Crippen LogP contribution in [0.25, 0.3) is 0 Å². The van der Waals surface area contributed by atoms with Crippen LogP contribution in [0.1, 0.15) is 29.5 Å². The van der Waals surface area contributed by atoms with Gasteiger partial charge in [-0.15, -0.1) is 0 Å². The van der Waals surface area contributed by atoms with Gasteiger partial charge in [0.25, 0.3) is 5.69 Å². The van der Waals surface area contributed by atoms with Crippen LogP contribution >= 0.6 is 0 Å². The summed E-state index contributed by atoms with van der Waals surface area (Å²) in [5.74, 6) is 0.430. The van der Waals surface area contributed by atoms with Gasteiger partial charge in [-0.3, -0.25) is 15.0 Å². The molecule has 136 valence electrons. The lowest BCUT2D eigenvalue weighted by Gasteiger charge is -2.26. The van der Waals surface area contributed by atoms with Gasteiger partial charge in [0, 0.05) is 42.4 Å². The van der Waals surface area contributed by atoms with E-state index in [0.717, 1.165) is 24.0 Å². The van der Waals surface area contributed by atoms with Gasteiger partial charge in [-0.05, 0) is 30.5 Å². The van der Waals surface area contributed by atoms with Gasteiger partial charge in [-0.2, -0.15) is 0 Å². The van der Waals surface area contributed by atoms with E-state index in [1.165, 1.54) is 18.2 Å². The Labute approximate surface area is 150 Å². The summed E-state index contributed by atoms with van der Waals surface area (Å²) in [6.07, 6.45) is 2.20. The lowest BCUT2D eigenvalue weighted by atomic mass is 10.1. The summed E-state index contributed by atoms with van der Waals surface area (Å²) >= 11 is 0. The van der Waals surface area contributed by atoms with Crippen molar-refractivity contribution in [3.63, 3.8) is 0 Å². The van der Waals surface area contributed by atoms with E-state index in [9.17, 15) is 14.5 Å². The van der Waals surface area contributed by atoms with E-state index in [4.69, 9.17) is 9.47 Å². The number of benzene rings is 2. The quantitative estimate of drug-likeness (QED) is 0.581. The molecule has 0 N–H and O–H groups in total. The third-order valence-corrected chi connectivity index (χ3v) is 4.72. The molecule has 4 rings (SSSR count). The number of ether oxygens (including phenoxy) is 2. The van der Waals surface area contributed by atoms with Gasteiger partial charge in [-0.25, -0.2) is 4.39 Å². The van der Waals surface area contributed by atoms with Crippen molar-refractivity contribution in [2.75, 3.05) is 6.79 Å². The molecule has 6 nitrogen and oxygen atoms in total. The fourth-order valence-electron chi connectivity index (χ4n) is 3.30. The van der Waals surface area contributed by atoms with Crippen molar-refractivity contribution in [1.29, 1.82) is 0 Å². The molecule has 2 aromatic rings. The smallest absolute Gasteiger partial charge is 0.270 e. The summed E-state index contributed by atoms with van der Waals surface area (Å²) in [6, 6.07) is 10.0. The van der Waals surface area contributed by atoms with Crippen molar-refractivity contribution in [2.24, 2.45) is 0 Å². The van der Waals surface area contributed by atoms with Crippen molar-refractivity contribution in [1.82, 2.24) is 4.90 Å². The van der Waals surface area contributed by atoms with E-state index in [0.29, 0.717) is 37.1 Å². The third-order valence-electron chi connectivity index (χ3n) is 4.72. The van der Waals surface area contributed by atoms with E-state index < -0.39 is 0 Å². The van der Waals surface area contributed by atoms with Crippen molar-refractivity contribution in [2.45, 2.75) is 38.6 Å². The van der Waals surface area contributed by atoms with Crippen LogP contribution in [0.15, 0.2) is 36.4 Å². The second-order valence-electron chi connectivity index (χ2n) is 6.72. The van der Waals surface area contributed by atoms with E-state index in [2.05, 4.69) is 4.90 Å². The van der Waals surface area contributed by atoms with Gasteiger partial charge < -0.3 is 9.47 Å². The first kappa shape index (κ1) is 16.9. The maximum absolute atomic E-state index is 13.1. The first-order valence-corrected chi connectivity index (χ1v) is 8.59. The molecule has 0 bridgehead atoms. The SMILES string of the molecule is O=[N+]([O-])c1cc2c(c(CN(Cc3ccc(F)cc3)C3CC3)c1)OCOC2. The summed E-state index contributed by atoms with van der Waals surface area (Å²) in [5, 5.41) is 11.3. The number of non-ortho nitro benzene ring substituents is 1. The number of nitro benzene ring substituents is 1. The second-order valence-corrected chi connectivity index (χ2v) is 6.72. The van der Waals surface area contributed by atoms with E-state index in [-0.39, 0.29) is 23.2 Å². The van der Waals surface area contributed by atoms with Gasteiger partial charge in [-0.1, -0.05) is 12.1 Å². The number of hydrogen-bond acceptors (Lipinski definition) is 5. The van der Waals surface area contributed by atoms with Gasteiger partial charge >= 0.3 is 0 Å². The lowest BCUT2D eigenvalue weighted by molar-refractivity contribution is -0.385. The molecule has 1 saturated carbocycles. The predicted octanol–water partition coefficient (Wildman–Crippen LogP) is 3.77. The van der Waals surface area contributed by atoms with Crippen LogP contribution < -0.4 is 4.74 Å². The fourth-order valence-corrected chi connectivity index (χ4v) is 3.30. The fraction of sp³-hybridized carbons (Fsp3) is 0.368. The molecule has 2 aromatic carbocycles. The zero-order valence-corrected chi connectivity index (χ0v) is 14.2. The highest BCUT2D eigenvalue weighted by atomic mass is 19.1. The molecular weight excluding hydrogens is 339 g/mol. The summed E-state index contributed by atoms with van der Waals surface area (Å²) < 4.78 is 24.0. The topological polar surface area (TPSA) is 64.8 Å². The first-order valence-electron chi connectivity index (χ1n) is 8.59. The summed E-state index contributed by atoms with van der Waals surface area (Å²) in [6.45, 7) is 1.68. The average Bonchev–Trinajstić information content (AvgIpc) is 3.48. The minimum Gasteiger partial charge on any atom is -0.467 e. The lowest BCUT2D eigenvalue weighted by Crippen LogP contribution is -2.26. The van der Waals surface area contributed by atoms with Gasteiger partial charge in [0.2, 0.25) is 0 Å². The molecular formula is C19H19FN2O4. The first-order chi connectivity index (χ1) is 12.6. The molecule has 1 heterocycles. The van der Waals surface area contributed by atoms with Gasteiger partial charge in [0.05, 0.1) is 11.5 Å². The molecule has 2 aliphatic rings. The number of halogens is 1. The van der Waals surface area contributed by atoms with Crippen LogP contribution in [0, 0.1) is 15.9 Å². The molecule has 1 aliphatic heterocycles. The minimum absolute atomic E-state index is 0.0466. The van der Waals surface area contributed by atoms with Crippen molar-refractivity contribution >= 4 is 5.69 Å². The molecule has 0 unspecified atom stereocenters. The molecule has 0 spiro atoms. The molecule has 7 heteroatoms. The Morgan fingerprint density at radius 2 is 1.96 bits per heavy atom. The van der Waals surface area contributed by atoms with Crippen LogP contribution in [-0.4, -0.2) is 22.7 Å². The highest BCUT2D eigenvalue weighted by Crippen LogP contribution is 2.36. The molecule has 1 aliphatic carbocycles. The van der Waals surface area contributed by atoms with Crippen LogP contribution in [-0.2, 0) is 24.4 Å². The molecule has 0 saturated heterocycles. The Balaban J connectivity index is 1.62. The molecule has 0 amide bonds. The third kappa shape index (κ3) is 3.68. The highest BCUT2D eigenvalue weighted by Gasteiger charge is 2.31. The summed E-state index contributed by atoms with van der Waals surface area (Å²) in [7, 11) is 0. The Bertz CT molecular complexity index is 821. The van der Waals surface area contributed by atoms with Crippen LogP contribution in [0.5, 0.6) is 5.75 Å². The summed E-state index contributed by atoms with van der Waals surface area (Å²) in [4.78, 5) is 13.1. The van der Waals surface area contributed by atoms with E-state index in [1.54, 1.807) is 18.2 Å². The Morgan fingerprint density at radius 1 is 1.19 bits per heavy atom. The number of fused-ring (bicyclic) bond motifs is 1. The molecule has 1 fully saturated rings. The van der Waals surface area contributed by atoms with Crippen molar-refractivity contribution in [3.05, 3.63) is 69.0 Å². The summed E-state index contributed by atoms with van der Waals surface area (Å²) in [5.41, 5.74) is 2.57. The van der Waals surface area contributed by atoms with Crippen molar-refractivity contribution < 1.29 is 18.8 Å². The Kier molecular flexibility index (Phi) is 4.57. The normalized spacial score (nSPS) is 16.2. The van der Waals surface area contributed by atoms with Gasteiger partial charge in [0.1, 0.15) is 11.6 Å². The molecule has 0 aromatic heterocycles. The number of nitro groups is 1. The second kappa shape index (κ2) is 7.01. The predicted molar refractivity (Wildman–Crippen MR) is 92.0 cm³/mol. The standard InChI is InChI=1S/C19H19FN2O4/c20-16-3-1-13(2-4-16)9-21(17-5-6-17)10-14-7-18(22(23)24)8-15-11-25-12-26-19(14)15/h1-4,7-8,17H,5-6,9-12H2. The van der Waals surface area contributed by atoms with Crippen molar-refractivity contribution in [3.8, 4) is 5.75 Å². The maximum Gasteiger partial charge on any atom is 0.270 e. The minimum atomic E-state index is -0.389. The van der Waals surface area contributed by atoms with Crippen LogP contribution in [0.4, 0.5) is 10.1 Å². The molecule has 0 radical (unpaired) electrons. The van der Waals surface area contributed by atoms with E-state index in [1.807, 2.05) is 0 Å². The van der Waals surface area contributed by atoms with Crippen LogP contribution in [0.3, 0.4) is 0 Å². The highest BCUT2D eigenvalue weighted by molar-refractivity contribution is 5.50. The van der Waals surface area contributed by atoms with Crippen LogP contribution in [0.2, 0.25) is 0 Å². The number of rotatable bonds is 6.